The normalized spacial score (nSPS) is 19.9. The lowest BCUT2D eigenvalue weighted by atomic mass is 9.97. The maximum Gasteiger partial charge on any atom is 0.356 e. The van der Waals surface area contributed by atoms with Crippen LogP contribution in [0.4, 0.5) is 0 Å². The minimum atomic E-state index is -0.898. The minimum absolute atomic E-state index is 0.259. The van der Waals surface area contributed by atoms with Gasteiger partial charge in [0.1, 0.15) is 5.82 Å². The first kappa shape index (κ1) is 11.2. The average molecular weight is 222 g/mol. The zero-order valence-electron chi connectivity index (χ0n) is 10.0. The Labute approximate surface area is 95.3 Å². The summed E-state index contributed by atoms with van der Waals surface area (Å²) in [5, 5.41) is 9.15. The number of carboxylic acids is 1. The van der Waals surface area contributed by atoms with Gasteiger partial charge in [-0.3, -0.25) is 0 Å². The number of hydrogen-bond donors (Lipinski definition) is 1. The first-order chi connectivity index (χ1) is 7.50. The lowest BCUT2D eigenvalue weighted by Gasteiger charge is -2.23. The van der Waals surface area contributed by atoms with Crippen LogP contribution >= 0.6 is 0 Å². The molecular formula is C12H18N2O2. The molecule has 4 nitrogen and oxygen atoms in total. The molecule has 0 spiro atoms. The molecule has 4 heteroatoms. The number of nitrogens with zero attached hydrogens (tertiary/aromatic N) is 2. The summed E-state index contributed by atoms with van der Waals surface area (Å²) >= 11 is 0. The molecule has 0 fully saturated rings. The summed E-state index contributed by atoms with van der Waals surface area (Å²) in [6, 6.07) is 0. The zero-order chi connectivity index (χ0) is 11.9. The molecule has 1 aromatic heterocycles. The second-order valence-electron chi connectivity index (χ2n) is 4.97. The number of carboxylic acid groups (broad SMARTS) is 1. The van der Waals surface area contributed by atoms with Gasteiger partial charge in [-0.2, -0.15) is 0 Å². The predicted molar refractivity (Wildman–Crippen MR) is 60.8 cm³/mol. The second-order valence-corrected chi connectivity index (χ2v) is 4.97. The van der Waals surface area contributed by atoms with Crippen LogP contribution in [-0.2, 0) is 13.0 Å². The van der Waals surface area contributed by atoms with Crippen molar-refractivity contribution in [2.45, 2.75) is 46.1 Å². The van der Waals surface area contributed by atoms with Crippen LogP contribution in [0.3, 0.4) is 0 Å². The fourth-order valence-electron chi connectivity index (χ4n) is 2.36. The molecule has 0 aromatic carbocycles. The van der Waals surface area contributed by atoms with Gasteiger partial charge >= 0.3 is 5.97 Å². The number of imidazole rings is 1. The van der Waals surface area contributed by atoms with Gasteiger partial charge in [0.2, 0.25) is 0 Å². The molecule has 0 radical (unpaired) electrons. The summed E-state index contributed by atoms with van der Waals surface area (Å²) in [6.07, 6.45) is 1.95. The Balaban J connectivity index is 2.53. The maximum absolute atomic E-state index is 11.1. The SMILES string of the molecule is CC1CCn2c(C(C)C)nc(C(=O)O)c2C1. The number of aromatic carboxylic acids is 1. The van der Waals surface area contributed by atoms with E-state index in [1.165, 1.54) is 0 Å². The van der Waals surface area contributed by atoms with Crippen molar-refractivity contribution in [3.8, 4) is 0 Å². The number of rotatable bonds is 2. The van der Waals surface area contributed by atoms with Crippen molar-refractivity contribution >= 4 is 5.97 Å². The van der Waals surface area contributed by atoms with E-state index in [-0.39, 0.29) is 11.6 Å². The summed E-state index contributed by atoms with van der Waals surface area (Å²) in [5.74, 6) is 0.853. The van der Waals surface area contributed by atoms with Crippen molar-refractivity contribution in [1.29, 1.82) is 0 Å². The van der Waals surface area contributed by atoms with Gasteiger partial charge in [0, 0.05) is 12.5 Å². The van der Waals surface area contributed by atoms with Crippen LogP contribution in [-0.4, -0.2) is 20.6 Å². The van der Waals surface area contributed by atoms with Gasteiger partial charge in [-0.15, -0.1) is 0 Å². The van der Waals surface area contributed by atoms with Gasteiger partial charge < -0.3 is 9.67 Å². The van der Waals surface area contributed by atoms with Crippen LogP contribution in [0.25, 0.3) is 0 Å². The van der Waals surface area contributed by atoms with E-state index >= 15 is 0 Å². The molecule has 1 unspecified atom stereocenters. The van der Waals surface area contributed by atoms with E-state index in [4.69, 9.17) is 5.11 Å². The summed E-state index contributed by atoms with van der Waals surface area (Å²) in [6.45, 7) is 7.18. The quantitative estimate of drug-likeness (QED) is 0.835. The van der Waals surface area contributed by atoms with Crippen LogP contribution in [0, 0.1) is 5.92 Å². The Bertz CT molecular complexity index is 421. The zero-order valence-corrected chi connectivity index (χ0v) is 10.0. The van der Waals surface area contributed by atoms with Crippen molar-refractivity contribution in [3.05, 3.63) is 17.2 Å². The van der Waals surface area contributed by atoms with E-state index in [2.05, 4.69) is 30.3 Å². The number of fused-ring (bicyclic) bond motifs is 1. The highest BCUT2D eigenvalue weighted by atomic mass is 16.4. The molecule has 88 valence electrons. The number of carbonyl (C=O) groups is 1. The van der Waals surface area contributed by atoms with Gasteiger partial charge in [-0.05, 0) is 18.8 Å². The van der Waals surface area contributed by atoms with E-state index in [1.807, 2.05) is 0 Å². The van der Waals surface area contributed by atoms with E-state index < -0.39 is 5.97 Å². The smallest absolute Gasteiger partial charge is 0.356 e. The lowest BCUT2D eigenvalue weighted by Crippen LogP contribution is -2.20. The Morgan fingerprint density at radius 1 is 1.56 bits per heavy atom. The summed E-state index contributed by atoms with van der Waals surface area (Å²) in [5.41, 5.74) is 1.17. The molecule has 0 aliphatic carbocycles. The Morgan fingerprint density at radius 3 is 2.81 bits per heavy atom. The highest BCUT2D eigenvalue weighted by Crippen LogP contribution is 2.27. The maximum atomic E-state index is 11.1. The molecular weight excluding hydrogens is 204 g/mol. The topological polar surface area (TPSA) is 55.1 Å². The van der Waals surface area contributed by atoms with Gasteiger partial charge in [0.15, 0.2) is 5.69 Å². The van der Waals surface area contributed by atoms with Crippen molar-refractivity contribution < 1.29 is 9.90 Å². The Kier molecular flexibility index (Phi) is 2.74. The highest BCUT2D eigenvalue weighted by Gasteiger charge is 2.27. The third kappa shape index (κ3) is 1.72. The number of hydrogen-bond acceptors (Lipinski definition) is 2. The summed E-state index contributed by atoms with van der Waals surface area (Å²) in [4.78, 5) is 15.4. The van der Waals surface area contributed by atoms with Gasteiger partial charge in [-0.25, -0.2) is 9.78 Å². The van der Waals surface area contributed by atoms with Gasteiger partial charge in [0.25, 0.3) is 0 Å². The van der Waals surface area contributed by atoms with Crippen molar-refractivity contribution in [2.24, 2.45) is 5.92 Å². The monoisotopic (exact) mass is 222 g/mol. The first-order valence-electron chi connectivity index (χ1n) is 5.83. The molecule has 1 N–H and O–H groups in total. The standard InChI is InChI=1S/C12H18N2O2/c1-7(2)11-13-10(12(15)16)9-6-8(3)4-5-14(9)11/h7-8H,4-6H2,1-3H3,(H,15,16). The molecule has 0 bridgehead atoms. The Hall–Kier alpha value is -1.32. The molecule has 0 saturated carbocycles. The largest absolute Gasteiger partial charge is 0.476 e. The third-order valence-corrected chi connectivity index (χ3v) is 3.21. The van der Waals surface area contributed by atoms with Gasteiger partial charge in [0.05, 0.1) is 5.69 Å². The van der Waals surface area contributed by atoms with E-state index in [0.717, 1.165) is 30.9 Å². The van der Waals surface area contributed by atoms with E-state index in [1.54, 1.807) is 0 Å². The molecule has 16 heavy (non-hydrogen) atoms. The highest BCUT2D eigenvalue weighted by molar-refractivity contribution is 5.87. The minimum Gasteiger partial charge on any atom is -0.476 e. The summed E-state index contributed by atoms with van der Waals surface area (Å²) in [7, 11) is 0. The lowest BCUT2D eigenvalue weighted by molar-refractivity contribution is 0.0689. The average Bonchev–Trinajstić information content (AvgIpc) is 2.56. The molecule has 2 heterocycles. The Morgan fingerprint density at radius 2 is 2.25 bits per heavy atom. The predicted octanol–water partition coefficient (Wildman–Crippen LogP) is 2.29. The van der Waals surface area contributed by atoms with Crippen LogP contribution < -0.4 is 0 Å². The van der Waals surface area contributed by atoms with Gasteiger partial charge in [-0.1, -0.05) is 20.8 Å². The van der Waals surface area contributed by atoms with Crippen LogP contribution in [0.2, 0.25) is 0 Å². The van der Waals surface area contributed by atoms with Crippen molar-refractivity contribution in [1.82, 2.24) is 9.55 Å². The fraction of sp³-hybridized carbons (Fsp3) is 0.667. The fourth-order valence-corrected chi connectivity index (χ4v) is 2.36. The third-order valence-electron chi connectivity index (χ3n) is 3.21. The molecule has 1 atom stereocenters. The van der Waals surface area contributed by atoms with Crippen LogP contribution in [0.5, 0.6) is 0 Å². The van der Waals surface area contributed by atoms with Crippen molar-refractivity contribution in [3.63, 3.8) is 0 Å². The molecule has 0 amide bonds. The number of aromatic nitrogens is 2. The van der Waals surface area contributed by atoms with E-state index in [9.17, 15) is 4.79 Å². The van der Waals surface area contributed by atoms with Crippen molar-refractivity contribution in [2.75, 3.05) is 0 Å². The molecule has 1 aliphatic rings. The first-order valence-corrected chi connectivity index (χ1v) is 5.83. The summed E-state index contributed by atoms with van der Waals surface area (Å²) < 4.78 is 2.11. The van der Waals surface area contributed by atoms with Crippen LogP contribution in [0.1, 0.15) is 55.1 Å². The second kappa shape index (κ2) is 3.92. The molecule has 2 rings (SSSR count). The molecule has 0 saturated heterocycles. The molecule has 1 aliphatic heterocycles. The van der Waals surface area contributed by atoms with Crippen LogP contribution in [0.15, 0.2) is 0 Å². The molecule has 1 aromatic rings. The van der Waals surface area contributed by atoms with E-state index in [0.29, 0.717) is 5.92 Å².